The molecule has 0 saturated heterocycles. The average Bonchev–Trinajstić information content (AvgIpc) is 3.41. The van der Waals surface area contributed by atoms with Crippen molar-refractivity contribution in [1.29, 1.82) is 0 Å². The second kappa shape index (κ2) is 7.95. The van der Waals surface area contributed by atoms with Crippen molar-refractivity contribution in [2.75, 3.05) is 0 Å². The quantitative estimate of drug-likeness (QED) is 0.433. The Kier molecular flexibility index (Phi) is 5.04. The van der Waals surface area contributed by atoms with E-state index in [2.05, 4.69) is 20.4 Å². The SMILES string of the molecule is NC(=O)C(=O)C(Cc1coc2cnccc12)NC(=O)c1ccnn1-c1ccccn1. The van der Waals surface area contributed by atoms with Crippen LogP contribution >= 0.6 is 0 Å². The summed E-state index contributed by atoms with van der Waals surface area (Å²) >= 11 is 0. The molecule has 1 atom stereocenters. The fourth-order valence-electron chi connectivity index (χ4n) is 3.07. The fourth-order valence-corrected chi connectivity index (χ4v) is 3.07. The second-order valence-corrected chi connectivity index (χ2v) is 6.41. The maximum atomic E-state index is 12.9. The monoisotopic (exact) mass is 404 g/mol. The van der Waals surface area contributed by atoms with Crippen LogP contribution in [0.4, 0.5) is 0 Å². The molecule has 30 heavy (non-hydrogen) atoms. The highest BCUT2D eigenvalue weighted by Crippen LogP contribution is 2.21. The van der Waals surface area contributed by atoms with Gasteiger partial charge in [0.15, 0.2) is 11.4 Å². The average molecular weight is 404 g/mol. The number of hydrogen-bond acceptors (Lipinski definition) is 7. The molecule has 0 spiro atoms. The molecule has 0 saturated carbocycles. The maximum absolute atomic E-state index is 12.9. The minimum atomic E-state index is -1.18. The predicted molar refractivity (Wildman–Crippen MR) is 105 cm³/mol. The van der Waals surface area contributed by atoms with Gasteiger partial charge in [0.25, 0.3) is 11.8 Å². The number of fused-ring (bicyclic) bond motifs is 1. The van der Waals surface area contributed by atoms with E-state index in [0.29, 0.717) is 17.0 Å². The van der Waals surface area contributed by atoms with Gasteiger partial charge in [-0.15, -0.1) is 0 Å². The maximum Gasteiger partial charge on any atom is 0.287 e. The van der Waals surface area contributed by atoms with E-state index in [1.54, 1.807) is 36.7 Å². The summed E-state index contributed by atoms with van der Waals surface area (Å²) in [6, 6.07) is 7.19. The van der Waals surface area contributed by atoms with Crippen molar-refractivity contribution in [2.45, 2.75) is 12.5 Å². The molecule has 3 N–H and O–H groups in total. The minimum absolute atomic E-state index is 0.0161. The van der Waals surface area contributed by atoms with Gasteiger partial charge in [0, 0.05) is 29.8 Å². The van der Waals surface area contributed by atoms with Gasteiger partial charge in [-0.25, -0.2) is 9.67 Å². The first-order valence-corrected chi connectivity index (χ1v) is 8.94. The third kappa shape index (κ3) is 3.65. The number of carbonyl (C=O) groups is 3. The van der Waals surface area contributed by atoms with E-state index in [1.165, 1.54) is 29.4 Å². The minimum Gasteiger partial charge on any atom is -0.462 e. The van der Waals surface area contributed by atoms with E-state index in [4.69, 9.17) is 10.2 Å². The number of pyridine rings is 2. The number of nitrogens with two attached hydrogens (primary N) is 1. The molecule has 0 aliphatic carbocycles. The molecule has 0 bridgehead atoms. The molecule has 4 aromatic rings. The lowest BCUT2D eigenvalue weighted by molar-refractivity contribution is -0.137. The molecule has 0 aliphatic heterocycles. The first-order chi connectivity index (χ1) is 14.5. The van der Waals surface area contributed by atoms with Gasteiger partial charge in [-0.1, -0.05) is 6.07 Å². The van der Waals surface area contributed by atoms with Gasteiger partial charge in [0.1, 0.15) is 11.7 Å². The highest BCUT2D eigenvalue weighted by molar-refractivity contribution is 6.38. The molecule has 150 valence electrons. The summed E-state index contributed by atoms with van der Waals surface area (Å²) < 4.78 is 6.75. The van der Waals surface area contributed by atoms with E-state index in [0.717, 1.165) is 5.39 Å². The van der Waals surface area contributed by atoms with Crippen molar-refractivity contribution >= 4 is 28.6 Å². The molecule has 0 aromatic carbocycles. The van der Waals surface area contributed by atoms with E-state index in [9.17, 15) is 14.4 Å². The molecule has 2 amide bonds. The van der Waals surface area contributed by atoms with Crippen molar-refractivity contribution in [2.24, 2.45) is 5.73 Å². The van der Waals surface area contributed by atoms with Crippen molar-refractivity contribution < 1.29 is 18.8 Å². The summed E-state index contributed by atoms with van der Waals surface area (Å²) in [5, 5.41) is 7.41. The number of aromatic nitrogens is 4. The largest absolute Gasteiger partial charge is 0.462 e. The Hall–Kier alpha value is -4.34. The van der Waals surface area contributed by atoms with Crippen LogP contribution in [0.15, 0.2) is 65.8 Å². The van der Waals surface area contributed by atoms with Gasteiger partial charge in [0.05, 0.1) is 18.7 Å². The number of hydrogen-bond donors (Lipinski definition) is 2. The van der Waals surface area contributed by atoms with Crippen LogP contribution in [0.3, 0.4) is 0 Å². The van der Waals surface area contributed by atoms with Crippen LogP contribution in [0.25, 0.3) is 16.8 Å². The lowest BCUT2D eigenvalue weighted by Crippen LogP contribution is -2.47. The summed E-state index contributed by atoms with van der Waals surface area (Å²) in [6.45, 7) is 0. The second-order valence-electron chi connectivity index (χ2n) is 6.41. The summed E-state index contributed by atoms with van der Waals surface area (Å²) in [5.41, 5.74) is 6.50. The zero-order valence-electron chi connectivity index (χ0n) is 15.6. The van der Waals surface area contributed by atoms with Gasteiger partial charge in [-0.3, -0.25) is 19.4 Å². The Bertz CT molecular complexity index is 1230. The van der Waals surface area contributed by atoms with Gasteiger partial charge < -0.3 is 15.5 Å². The number of furan rings is 1. The zero-order chi connectivity index (χ0) is 21.1. The molecule has 4 rings (SSSR count). The smallest absolute Gasteiger partial charge is 0.287 e. The highest BCUT2D eigenvalue weighted by atomic mass is 16.3. The number of Topliss-reactive ketones (excluding diaryl/α,β-unsaturated/α-hetero) is 1. The van der Waals surface area contributed by atoms with Gasteiger partial charge in [0.2, 0.25) is 5.78 Å². The van der Waals surface area contributed by atoms with E-state index >= 15 is 0 Å². The number of amides is 2. The molecule has 4 aromatic heterocycles. The van der Waals surface area contributed by atoms with Crippen LogP contribution in [0.5, 0.6) is 0 Å². The topological polar surface area (TPSA) is 146 Å². The lowest BCUT2D eigenvalue weighted by Gasteiger charge is -2.16. The van der Waals surface area contributed by atoms with Crippen molar-refractivity contribution in [3.05, 3.63) is 72.6 Å². The van der Waals surface area contributed by atoms with Crippen LogP contribution in [0, 0.1) is 0 Å². The van der Waals surface area contributed by atoms with Crippen molar-refractivity contribution in [3.8, 4) is 5.82 Å². The molecule has 10 nitrogen and oxygen atoms in total. The summed E-state index contributed by atoms with van der Waals surface area (Å²) in [7, 11) is 0. The molecule has 0 fully saturated rings. The highest BCUT2D eigenvalue weighted by Gasteiger charge is 2.28. The normalized spacial score (nSPS) is 11.9. The molecular weight excluding hydrogens is 388 g/mol. The van der Waals surface area contributed by atoms with Crippen molar-refractivity contribution in [1.82, 2.24) is 25.1 Å². The molecule has 0 aliphatic rings. The Balaban J connectivity index is 1.62. The Morgan fingerprint density at radius 3 is 2.77 bits per heavy atom. The number of primary amides is 1. The molecule has 10 heteroatoms. The molecule has 1 unspecified atom stereocenters. The standard InChI is InChI=1S/C20H16N6O4/c21-19(28)18(27)14(9-12-11-30-16-10-22-7-4-13(12)16)25-20(29)15-5-8-24-26(15)17-3-1-2-6-23-17/h1-8,10-11,14H,9H2,(H2,21,28)(H,25,29). The first-order valence-electron chi connectivity index (χ1n) is 8.94. The number of rotatable bonds is 7. The van der Waals surface area contributed by atoms with Gasteiger partial charge >= 0.3 is 0 Å². The summed E-state index contributed by atoms with van der Waals surface area (Å²) in [5.74, 6) is -2.24. The van der Waals surface area contributed by atoms with Crippen LogP contribution in [0.1, 0.15) is 16.1 Å². The first kappa shape index (κ1) is 19.0. The van der Waals surface area contributed by atoms with Crippen LogP contribution in [0.2, 0.25) is 0 Å². The number of nitrogens with one attached hydrogen (secondary N) is 1. The van der Waals surface area contributed by atoms with E-state index < -0.39 is 23.6 Å². The number of ketones is 1. The van der Waals surface area contributed by atoms with Crippen LogP contribution in [-0.4, -0.2) is 43.4 Å². The summed E-state index contributed by atoms with van der Waals surface area (Å²) in [4.78, 5) is 45.0. The summed E-state index contributed by atoms with van der Waals surface area (Å²) in [6.07, 6.45) is 7.59. The Morgan fingerprint density at radius 2 is 2.00 bits per heavy atom. The third-order valence-electron chi connectivity index (χ3n) is 4.49. The Labute approximate surface area is 169 Å². The van der Waals surface area contributed by atoms with Crippen molar-refractivity contribution in [3.63, 3.8) is 0 Å². The number of carbonyl (C=O) groups excluding carboxylic acids is 3. The van der Waals surface area contributed by atoms with Crippen LogP contribution in [-0.2, 0) is 16.0 Å². The van der Waals surface area contributed by atoms with E-state index in [1.807, 2.05) is 0 Å². The third-order valence-corrected chi connectivity index (χ3v) is 4.49. The number of nitrogens with zero attached hydrogens (tertiary/aromatic N) is 4. The lowest BCUT2D eigenvalue weighted by atomic mass is 10.0. The van der Waals surface area contributed by atoms with Gasteiger partial charge in [-0.2, -0.15) is 5.10 Å². The van der Waals surface area contributed by atoms with E-state index in [-0.39, 0.29) is 12.1 Å². The molecule has 0 radical (unpaired) electrons. The predicted octanol–water partition coefficient (Wildman–Crippen LogP) is 0.804. The molecular formula is C20H16N6O4. The zero-order valence-corrected chi connectivity index (χ0v) is 15.6. The fraction of sp³-hybridized carbons (Fsp3) is 0.100. The Morgan fingerprint density at radius 1 is 1.13 bits per heavy atom. The van der Waals surface area contributed by atoms with Gasteiger partial charge in [-0.05, 0) is 24.3 Å². The van der Waals surface area contributed by atoms with Crippen LogP contribution < -0.4 is 11.1 Å². The molecule has 4 heterocycles.